The number of ether oxygens (including phenoxy) is 1. The van der Waals surface area contributed by atoms with Crippen LogP contribution in [-0.4, -0.2) is 28.0 Å². The van der Waals surface area contributed by atoms with Crippen LogP contribution in [0.5, 0.6) is 0 Å². The van der Waals surface area contributed by atoms with Gasteiger partial charge in [0, 0.05) is 6.54 Å². The summed E-state index contributed by atoms with van der Waals surface area (Å²) in [6, 6.07) is 3.80. The Morgan fingerprint density at radius 3 is 2.45 bits per heavy atom. The third-order valence-corrected chi connectivity index (χ3v) is 3.85. The molecule has 0 aliphatic heterocycles. The van der Waals surface area contributed by atoms with Gasteiger partial charge in [0.15, 0.2) is 0 Å². The maximum Gasteiger partial charge on any atom is 0.417 e. The molecule has 20 heavy (non-hydrogen) atoms. The minimum absolute atomic E-state index is 0.274. The Hall–Kier alpha value is -1.61. The molecule has 0 fully saturated rings. The quantitative estimate of drug-likeness (QED) is 0.837. The number of sulfonamides is 1. The zero-order valence-corrected chi connectivity index (χ0v) is 11.2. The number of halogens is 3. The molecule has 5 nitrogen and oxygen atoms in total. The molecule has 0 amide bonds. The first kappa shape index (κ1) is 16.4. The Balaban J connectivity index is 2.96. The summed E-state index contributed by atoms with van der Waals surface area (Å²) < 4.78 is 68.0. The molecule has 0 saturated heterocycles. The molecule has 9 heteroatoms. The average molecular weight is 311 g/mol. The molecule has 1 aromatic rings. The lowest BCUT2D eigenvalue weighted by Crippen LogP contribution is -2.28. The zero-order valence-electron chi connectivity index (χ0n) is 10.4. The number of carbonyl (C=O) groups is 1. The van der Waals surface area contributed by atoms with Gasteiger partial charge in [0.25, 0.3) is 0 Å². The first-order valence-electron chi connectivity index (χ1n) is 5.41. The van der Waals surface area contributed by atoms with Gasteiger partial charge in [-0.2, -0.15) is 13.2 Å². The second-order valence-corrected chi connectivity index (χ2v) is 5.45. The van der Waals surface area contributed by atoms with Gasteiger partial charge in [0.1, 0.15) is 0 Å². The molecule has 1 N–H and O–H groups in total. The Morgan fingerprint density at radius 1 is 1.30 bits per heavy atom. The van der Waals surface area contributed by atoms with E-state index in [1.807, 2.05) is 4.72 Å². The summed E-state index contributed by atoms with van der Waals surface area (Å²) in [7, 11) is -3.23. The molecular weight excluding hydrogens is 299 g/mol. The maximum atomic E-state index is 12.7. The smallest absolute Gasteiger partial charge is 0.417 e. The van der Waals surface area contributed by atoms with Gasteiger partial charge in [0.2, 0.25) is 10.0 Å². The van der Waals surface area contributed by atoms with Crippen LogP contribution in [0.3, 0.4) is 0 Å². The Kier molecular flexibility index (Phi) is 5.12. The van der Waals surface area contributed by atoms with E-state index in [-0.39, 0.29) is 13.0 Å². The summed E-state index contributed by atoms with van der Waals surface area (Å²) in [6.45, 7) is -0.346. The van der Waals surface area contributed by atoms with Gasteiger partial charge in [0.05, 0.1) is 24.0 Å². The van der Waals surface area contributed by atoms with Crippen molar-refractivity contribution < 1.29 is 31.1 Å². The van der Waals surface area contributed by atoms with Crippen molar-refractivity contribution in [2.75, 3.05) is 13.7 Å². The predicted molar refractivity (Wildman–Crippen MR) is 63.3 cm³/mol. The number of alkyl halides is 3. The first-order chi connectivity index (χ1) is 9.18. The third kappa shape index (κ3) is 4.20. The minimum Gasteiger partial charge on any atom is -0.469 e. The summed E-state index contributed by atoms with van der Waals surface area (Å²) in [4.78, 5) is 9.95. The molecule has 1 rings (SSSR count). The van der Waals surface area contributed by atoms with Gasteiger partial charge in [-0.25, -0.2) is 13.1 Å². The summed E-state index contributed by atoms with van der Waals surface area (Å²) in [5.74, 6) is -0.670. The number of methoxy groups -OCH3 is 1. The van der Waals surface area contributed by atoms with E-state index in [0.717, 1.165) is 19.2 Å². The number of esters is 1. The van der Waals surface area contributed by atoms with Crippen LogP contribution < -0.4 is 4.72 Å². The van der Waals surface area contributed by atoms with Crippen molar-refractivity contribution in [1.29, 1.82) is 0 Å². The molecule has 0 spiro atoms. The normalized spacial score (nSPS) is 12.2. The number of hydrogen-bond acceptors (Lipinski definition) is 4. The topological polar surface area (TPSA) is 72.5 Å². The van der Waals surface area contributed by atoms with Gasteiger partial charge < -0.3 is 4.74 Å². The standard InChI is InChI=1S/C11H12F3NO4S/c1-19-10(16)6-7-15-20(17,18)9-5-3-2-4-8(9)11(12,13)14/h2-5,15H,6-7H2,1H3. The molecule has 0 radical (unpaired) electrons. The van der Waals surface area contributed by atoms with Crippen LogP contribution in [0.15, 0.2) is 29.2 Å². The lowest BCUT2D eigenvalue weighted by Gasteiger charge is -2.13. The molecular formula is C11H12F3NO4S. The number of rotatable bonds is 5. The van der Waals surface area contributed by atoms with Crippen molar-refractivity contribution >= 4 is 16.0 Å². The number of nitrogens with one attached hydrogen (secondary N) is 1. The monoisotopic (exact) mass is 311 g/mol. The molecule has 112 valence electrons. The minimum atomic E-state index is -4.78. The van der Waals surface area contributed by atoms with Crippen LogP contribution in [0, 0.1) is 0 Å². The number of benzene rings is 1. The van der Waals surface area contributed by atoms with E-state index >= 15 is 0 Å². The second kappa shape index (κ2) is 6.23. The molecule has 0 aromatic heterocycles. The maximum absolute atomic E-state index is 12.7. The summed E-state index contributed by atoms with van der Waals surface area (Å²) in [5, 5.41) is 0. The Bertz CT molecular complexity index is 584. The first-order valence-corrected chi connectivity index (χ1v) is 6.89. The Labute approximate surface area is 113 Å². The highest BCUT2D eigenvalue weighted by molar-refractivity contribution is 7.89. The lowest BCUT2D eigenvalue weighted by molar-refractivity contribution is -0.141. The van der Waals surface area contributed by atoms with Crippen LogP contribution >= 0.6 is 0 Å². The lowest BCUT2D eigenvalue weighted by atomic mass is 10.2. The van der Waals surface area contributed by atoms with E-state index in [4.69, 9.17) is 0 Å². The van der Waals surface area contributed by atoms with Crippen molar-refractivity contribution in [3.05, 3.63) is 29.8 Å². The van der Waals surface area contributed by atoms with Gasteiger partial charge in [-0.15, -0.1) is 0 Å². The van der Waals surface area contributed by atoms with E-state index in [1.165, 1.54) is 6.07 Å². The fraction of sp³-hybridized carbons (Fsp3) is 0.364. The molecule has 0 aliphatic rings. The second-order valence-electron chi connectivity index (χ2n) is 3.72. The third-order valence-electron chi connectivity index (χ3n) is 2.33. The number of carbonyl (C=O) groups excluding carboxylic acids is 1. The highest BCUT2D eigenvalue weighted by Gasteiger charge is 2.36. The SMILES string of the molecule is COC(=O)CCNS(=O)(=O)c1ccccc1C(F)(F)F. The van der Waals surface area contributed by atoms with Crippen molar-refractivity contribution in [1.82, 2.24) is 4.72 Å². The summed E-state index contributed by atoms with van der Waals surface area (Å²) in [5.41, 5.74) is -1.26. The largest absolute Gasteiger partial charge is 0.469 e. The van der Waals surface area contributed by atoms with E-state index < -0.39 is 32.6 Å². The summed E-state index contributed by atoms with van der Waals surface area (Å²) in [6.07, 6.45) is -5.06. The van der Waals surface area contributed by atoms with Crippen LogP contribution in [0.2, 0.25) is 0 Å². The van der Waals surface area contributed by atoms with E-state index in [0.29, 0.717) is 6.07 Å². The van der Waals surface area contributed by atoms with Crippen molar-refractivity contribution in [2.24, 2.45) is 0 Å². The fourth-order valence-electron chi connectivity index (χ4n) is 1.40. The molecule has 0 atom stereocenters. The molecule has 0 heterocycles. The predicted octanol–water partition coefficient (Wildman–Crippen LogP) is 1.55. The molecule has 0 aliphatic carbocycles. The zero-order chi connectivity index (χ0) is 15.4. The highest BCUT2D eigenvalue weighted by Crippen LogP contribution is 2.33. The van der Waals surface area contributed by atoms with Gasteiger partial charge >= 0.3 is 12.1 Å². The van der Waals surface area contributed by atoms with Gasteiger partial charge in [-0.05, 0) is 12.1 Å². The van der Waals surface area contributed by atoms with Crippen LogP contribution in [0.4, 0.5) is 13.2 Å². The fourth-order valence-corrected chi connectivity index (χ4v) is 2.66. The van der Waals surface area contributed by atoms with Crippen molar-refractivity contribution in [3.63, 3.8) is 0 Å². The van der Waals surface area contributed by atoms with E-state index in [1.54, 1.807) is 0 Å². The molecule has 0 unspecified atom stereocenters. The average Bonchev–Trinajstić information content (AvgIpc) is 2.37. The van der Waals surface area contributed by atoms with Crippen molar-refractivity contribution in [3.8, 4) is 0 Å². The van der Waals surface area contributed by atoms with Crippen LogP contribution in [0.25, 0.3) is 0 Å². The molecule has 0 saturated carbocycles. The number of hydrogen-bond donors (Lipinski definition) is 1. The van der Waals surface area contributed by atoms with E-state index in [9.17, 15) is 26.4 Å². The van der Waals surface area contributed by atoms with Crippen LogP contribution in [0.1, 0.15) is 12.0 Å². The molecule has 0 bridgehead atoms. The highest BCUT2D eigenvalue weighted by atomic mass is 32.2. The van der Waals surface area contributed by atoms with Gasteiger partial charge in [-0.1, -0.05) is 12.1 Å². The van der Waals surface area contributed by atoms with Crippen molar-refractivity contribution in [2.45, 2.75) is 17.5 Å². The van der Waals surface area contributed by atoms with Gasteiger partial charge in [-0.3, -0.25) is 4.79 Å². The Morgan fingerprint density at radius 2 is 1.90 bits per heavy atom. The summed E-state index contributed by atoms with van der Waals surface area (Å²) >= 11 is 0. The molecule has 1 aromatic carbocycles. The van der Waals surface area contributed by atoms with E-state index in [2.05, 4.69) is 4.74 Å². The van der Waals surface area contributed by atoms with Crippen LogP contribution in [-0.2, 0) is 25.7 Å².